The number of hydrogen-bond donors (Lipinski definition) is 2. The van der Waals surface area contributed by atoms with Gasteiger partial charge in [-0.2, -0.15) is 5.10 Å². The number of aryl methyl sites for hydroxylation is 1. The first kappa shape index (κ1) is 17.4. The van der Waals surface area contributed by atoms with Gasteiger partial charge in [0.25, 0.3) is 5.95 Å². The van der Waals surface area contributed by atoms with Gasteiger partial charge in [0.15, 0.2) is 0 Å². The number of nitrogens with one attached hydrogen (secondary N) is 1. The van der Waals surface area contributed by atoms with Crippen molar-refractivity contribution in [2.45, 2.75) is 6.92 Å². The first-order valence-electron chi connectivity index (χ1n) is 7.07. The van der Waals surface area contributed by atoms with E-state index in [1.165, 1.54) is 11.0 Å². The lowest BCUT2D eigenvalue weighted by Gasteiger charge is -2.24. The average Bonchev–Trinajstić information content (AvgIpc) is 2.93. The number of hydrazone groups is 1. The molecule has 0 aliphatic carbocycles. The summed E-state index contributed by atoms with van der Waals surface area (Å²) in [6.07, 6.45) is 3.08. The summed E-state index contributed by atoms with van der Waals surface area (Å²) in [6.45, 7) is 3.57. The Morgan fingerprint density at radius 2 is 2.09 bits per heavy atom. The third-order valence-corrected chi connectivity index (χ3v) is 3.56. The van der Waals surface area contributed by atoms with Crippen LogP contribution in [0.15, 0.2) is 29.6 Å². The lowest BCUT2D eigenvalue weighted by Crippen LogP contribution is -2.28. The molecule has 0 spiro atoms. The average molecular weight is 356 g/mol. The van der Waals surface area contributed by atoms with E-state index in [4.69, 9.17) is 29.0 Å². The smallest absolute Gasteiger partial charge is 0.263 e. The molecule has 0 fully saturated rings. The first-order chi connectivity index (χ1) is 11.2. The molecule has 0 radical (unpaired) electrons. The number of aromatic nitrogens is 3. The van der Waals surface area contributed by atoms with E-state index in [1.807, 2.05) is 25.1 Å². The van der Waals surface area contributed by atoms with Crippen molar-refractivity contribution >= 4 is 41.1 Å². The Bertz CT molecular complexity index is 650. The topological polar surface area (TPSA) is 84.4 Å². The van der Waals surface area contributed by atoms with Gasteiger partial charge < -0.3 is 10.7 Å². The number of rotatable bonds is 8. The van der Waals surface area contributed by atoms with E-state index >= 15 is 0 Å². The molecule has 7 nitrogen and oxygen atoms in total. The van der Waals surface area contributed by atoms with Crippen molar-refractivity contribution < 1.29 is 0 Å². The Morgan fingerprint density at radius 3 is 2.65 bits per heavy atom. The number of nitrogen functional groups attached to an aromatic ring is 1. The van der Waals surface area contributed by atoms with Crippen molar-refractivity contribution in [3.05, 3.63) is 35.7 Å². The number of nitrogens with zero attached hydrogens (tertiary/aromatic N) is 5. The summed E-state index contributed by atoms with van der Waals surface area (Å²) in [5.74, 6) is 7.07. The third kappa shape index (κ3) is 4.74. The molecule has 0 bridgehead atoms. The maximum Gasteiger partial charge on any atom is 0.263 e. The first-order valence-corrected chi connectivity index (χ1v) is 8.14. The number of hydrogen-bond acceptors (Lipinski definition) is 6. The number of alkyl halides is 2. The molecule has 0 aliphatic rings. The maximum absolute atomic E-state index is 5.86. The van der Waals surface area contributed by atoms with Gasteiger partial charge in [-0.25, -0.2) is 10.1 Å². The van der Waals surface area contributed by atoms with Crippen molar-refractivity contribution in [2.24, 2.45) is 5.10 Å². The highest BCUT2D eigenvalue weighted by molar-refractivity contribution is 6.18. The third-order valence-electron chi connectivity index (χ3n) is 3.22. The van der Waals surface area contributed by atoms with Crippen molar-refractivity contribution in [1.82, 2.24) is 14.9 Å². The van der Waals surface area contributed by atoms with Crippen molar-refractivity contribution in [2.75, 3.05) is 41.0 Å². The molecule has 124 valence electrons. The predicted octanol–water partition coefficient (Wildman–Crippen LogP) is 2.03. The SMILES string of the molecule is Cc1cc(C=NNc2nncn2N)ccc1N(CCCl)CCCl. The second-order valence-electron chi connectivity index (χ2n) is 4.84. The van der Waals surface area contributed by atoms with Gasteiger partial charge in [-0.1, -0.05) is 6.07 Å². The van der Waals surface area contributed by atoms with Crippen LogP contribution in [0.2, 0.25) is 0 Å². The number of benzene rings is 1. The van der Waals surface area contributed by atoms with Gasteiger partial charge in [0, 0.05) is 30.5 Å². The fourth-order valence-corrected chi connectivity index (χ4v) is 2.57. The Hall–Kier alpha value is -1.99. The molecule has 0 amide bonds. The van der Waals surface area contributed by atoms with Crippen LogP contribution in [-0.2, 0) is 0 Å². The molecular formula is C14H19Cl2N7. The molecule has 0 aliphatic heterocycles. The number of halogens is 2. The molecule has 1 heterocycles. The summed E-state index contributed by atoms with van der Waals surface area (Å²) < 4.78 is 1.25. The molecule has 2 aromatic rings. The van der Waals surface area contributed by atoms with Crippen LogP contribution in [0.5, 0.6) is 0 Å². The molecule has 0 saturated heterocycles. The van der Waals surface area contributed by atoms with Gasteiger partial charge in [0.1, 0.15) is 6.33 Å². The Kier molecular flexibility index (Phi) is 6.49. The van der Waals surface area contributed by atoms with E-state index in [9.17, 15) is 0 Å². The highest BCUT2D eigenvalue weighted by Crippen LogP contribution is 2.21. The minimum Gasteiger partial charge on any atom is -0.369 e. The molecule has 1 aromatic heterocycles. The molecule has 0 unspecified atom stereocenters. The molecule has 9 heteroatoms. The van der Waals surface area contributed by atoms with Crippen LogP contribution in [0.3, 0.4) is 0 Å². The van der Waals surface area contributed by atoms with E-state index in [1.54, 1.807) is 6.21 Å². The lowest BCUT2D eigenvalue weighted by atomic mass is 10.1. The molecular weight excluding hydrogens is 337 g/mol. The van der Waals surface area contributed by atoms with E-state index < -0.39 is 0 Å². The Labute approximate surface area is 145 Å². The van der Waals surface area contributed by atoms with Crippen molar-refractivity contribution in [3.8, 4) is 0 Å². The largest absolute Gasteiger partial charge is 0.369 e. The highest BCUT2D eigenvalue weighted by atomic mass is 35.5. The summed E-state index contributed by atoms with van der Waals surface area (Å²) in [7, 11) is 0. The molecule has 3 N–H and O–H groups in total. The van der Waals surface area contributed by atoms with Crippen molar-refractivity contribution in [3.63, 3.8) is 0 Å². The second kappa shape index (κ2) is 8.59. The van der Waals surface area contributed by atoms with Crippen LogP contribution in [0.4, 0.5) is 11.6 Å². The fourth-order valence-electron chi connectivity index (χ4n) is 2.16. The normalized spacial score (nSPS) is 11.1. The molecule has 0 atom stereocenters. The van der Waals surface area contributed by atoms with Gasteiger partial charge in [-0.3, -0.25) is 0 Å². The Morgan fingerprint density at radius 1 is 1.35 bits per heavy atom. The van der Waals surface area contributed by atoms with Gasteiger partial charge in [-0.15, -0.1) is 33.4 Å². The summed E-state index contributed by atoms with van der Waals surface area (Å²) in [5, 5.41) is 11.5. The molecule has 0 saturated carbocycles. The van der Waals surface area contributed by atoms with Gasteiger partial charge >= 0.3 is 0 Å². The zero-order chi connectivity index (χ0) is 16.7. The molecule has 23 heavy (non-hydrogen) atoms. The Balaban J connectivity index is 2.07. The van der Waals surface area contributed by atoms with E-state index in [2.05, 4.69) is 25.6 Å². The lowest BCUT2D eigenvalue weighted by molar-refractivity contribution is 0.869. The summed E-state index contributed by atoms with van der Waals surface area (Å²) in [5.41, 5.74) is 5.94. The van der Waals surface area contributed by atoms with Gasteiger partial charge in [0.05, 0.1) is 6.21 Å². The summed E-state index contributed by atoms with van der Waals surface area (Å²) in [4.78, 5) is 2.17. The van der Waals surface area contributed by atoms with Gasteiger partial charge in [-0.05, 0) is 30.2 Å². The highest BCUT2D eigenvalue weighted by Gasteiger charge is 2.08. The zero-order valence-electron chi connectivity index (χ0n) is 12.8. The predicted molar refractivity (Wildman–Crippen MR) is 96.2 cm³/mol. The van der Waals surface area contributed by atoms with Crippen LogP contribution in [-0.4, -0.2) is 45.9 Å². The second-order valence-corrected chi connectivity index (χ2v) is 5.60. The van der Waals surface area contributed by atoms with E-state index in [0.717, 1.165) is 29.9 Å². The van der Waals surface area contributed by atoms with Crippen LogP contribution in [0, 0.1) is 6.92 Å². The fraction of sp³-hybridized carbons (Fsp3) is 0.357. The quantitative estimate of drug-likeness (QED) is 0.327. The van der Waals surface area contributed by atoms with Crippen molar-refractivity contribution in [1.29, 1.82) is 0 Å². The monoisotopic (exact) mass is 355 g/mol. The maximum atomic E-state index is 5.86. The van der Waals surface area contributed by atoms with E-state index in [0.29, 0.717) is 17.7 Å². The van der Waals surface area contributed by atoms with Crippen LogP contribution in [0.1, 0.15) is 11.1 Å². The van der Waals surface area contributed by atoms with E-state index in [-0.39, 0.29) is 0 Å². The summed E-state index contributed by atoms with van der Waals surface area (Å²) in [6, 6.07) is 6.07. The van der Waals surface area contributed by atoms with Gasteiger partial charge in [0.2, 0.25) is 0 Å². The standard InChI is InChI=1S/C14H19Cl2N7/c1-11-8-12(9-18-20-14-21-19-10-23(14)17)2-3-13(11)22(6-4-15)7-5-16/h2-3,8-10H,4-7,17H2,1H3,(H,20,21). The van der Waals surface area contributed by atoms with Crippen LogP contribution in [0.25, 0.3) is 0 Å². The minimum absolute atomic E-state index is 0.366. The minimum atomic E-state index is 0.366. The summed E-state index contributed by atoms with van der Waals surface area (Å²) >= 11 is 11.7. The number of nitrogens with two attached hydrogens (primary N) is 1. The number of anilines is 2. The molecule has 1 aromatic carbocycles. The van der Waals surface area contributed by atoms with Crippen LogP contribution >= 0.6 is 23.2 Å². The molecule has 2 rings (SSSR count). The zero-order valence-corrected chi connectivity index (χ0v) is 14.3. The van der Waals surface area contributed by atoms with Crippen LogP contribution < -0.4 is 16.2 Å².